The summed E-state index contributed by atoms with van der Waals surface area (Å²) in [6.07, 6.45) is 8.42. The van der Waals surface area contributed by atoms with Crippen LogP contribution in [0.1, 0.15) is 32.0 Å². The third-order valence-corrected chi connectivity index (χ3v) is 4.84. The van der Waals surface area contributed by atoms with Crippen LogP contribution in [0.3, 0.4) is 0 Å². The van der Waals surface area contributed by atoms with E-state index in [1.54, 1.807) is 0 Å². The van der Waals surface area contributed by atoms with Gasteiger partial charge in [-0.25, -0.2) is 9.78 Å². The van der Waals surface area contributed by atoms with Gasteiger partial charge in [0.15, 0.2) is 0 Å². The maximum atomic E-state index is 11.8. The van der Waals surface area contributed by atoms with Crippen LogP contribution >= 0.6 is 0 Å². The molecule has 3 rings (SSSR count). The fourth-order valence-corrected chi connectivity index (χ4v) is 3.49. The van der Waals surface area contributed by atoms with Crippen LogP contribution in [-0.4, -0.2) is 52.7 Å². The number of rotatable bonds is 4. The molecule has 0 aromatic carbocycles. The van der Waals surface area contributed by atoms with Crippen molar-refractivity contribution in [1.29, 1.82) is 0 Å². The van der Waals surface area contributed by atoms with E-state index in [0.29, 0.717) is 18.5 Å². The number of carbonyl (C=O) groups excluding carboxylic acids is 1. The molecule has 6 heteroatoms. The average molecular weight is 305 g/mol. The van der Waals surface area contributed by atoms with E-state index in [0.717, 1.165) is 45.4 Å². The van der Waals surface area contributed by atoms with Crippen molar-refractivity contribution in [3.8, 4) is 0 Å². The molecule has 0 spiro atoms. The monoisotopic (exact) mass is 305 g/mol. The zero-order chi connectivity index (χ0) is 15.4. The SMILES string of the molecule is CCNC(=O)N1CCC(NCC2CCc3nccn3C2)CC1. The number of amides is 2. The highest BCUT2D eigenvalue weighted by Crippen LogP contribution is 2.19. The topological polar surface area (TPSA) is 62.2 Å². The molecule has 0 radical (unpaired) electrons. The highest BCUT2D eigenvalue weighted by Gasteiger charge is 2.24. The van der Waals surface area contributed by atoms with E-state index in [1.165, 1.54) is 12.2 Å². The lowest BCUT2D eigenvalue weighted by Crippen LogP contribution is -2.49. The first-order valence-corrected chi connectivity index (χ1v) is 8.52. The van der Waals surface area contributed by atoms with Gasteiger partial charge in [-0.05, 0) is 38.6 Å². The fraction of sp³-hybridized carbons (Fsp3) is 0.750. The Morgan fingerprint density at radius 1 is 1.36 bits per heavy atom. The number of urea groups is 1. The quantitative estimate of drug-likeness (QED) is 0.879. The summed E-state index contributed by atoms with van der Waals surface area (Å²) in [6.45, 7) is 6.54. The molecule has 0 saturated carbocycles. The van der Waals surface area contributed by atoms with Crippen molar-refractivity contribution in [2.75, 3.05) is 26.2 Å². The van der Waals surface area contributed by atoms with Crippen molar-refractivity contribution in [1.82, 2.24) is 25.1 Å². The molecule has 1 unspecified atom stereocenters. The molecule has 1 aromatic heterocycles. The molecule has 2 aliphatic rings. The molecular weight excluding hydrogens is 278 g/mol. The number of nitrogens with one attached hydrogen (secondary N) is 2. The van der Waals surface area contributed by atoms with Crippen LogP contribution in [-0.2, 0) is 13.0 Å². The van der Waals surface area contributed by atoms with Gasteiger partial charge in [0.2, 0.25) is 0 Å². The molecule has 1 saturated heterocycles. The highest BCUT2D eigenvalue weighted by atomic mass is 16.2. The third kappa shape index (κ3) is 3.61. The van der Waals surface area contributed by atoms with Crippen LogP contribution in [0, 0.1) is 5.92 Å². The zero-order valence-corrected chi connectivity index (χ0v) is 13.4. The summed E-state index contributed by atoms with van der Waals surface area (Å²) in [5.41, 5.74) is 0. The Bertz CT molecular complexity index is 492. The maximum absolute atomic E-state index is 11.8. The van der Waals surface area contributed by atoms with Gasteiger partial charge in [-0.3, -0.25) is 0 Å². The Morgan fingerprint density at radius 2 is 2.18 bits per heavy atom. The van der Waals surface area contributed by atoms with Gasteiger partial charge in [0.25, 0.3) is 0 Å². The predicted molar refractivity (Wildman–Crippen MR) is 85.7 cm³/mol. The van der Waals surface area contributed by atoms with Gasteiger partial charge in [-0.15, -0.1) is 0 Å². The molecule has 22 heavy (non-hydrogen) atoms. The first kappa shape index (κ1) is 15.3. The molecule has 1 fully saturated rings. The predicted octanol–water partition coefficient (Wildman–Crippen LogP) is 1.23. The minimum absolute atomic E-state index is 0.0841. The Labute approximate surface area is 132 Å². The lowest BCUT2D eigenvalue weighted by Gasteiger charge is -2.33. The van der Waals surface area contributed by atoms with Crippen LogP contribution in [0.15, 0.2) is 12.4 Å². The number of nitrogens with zero attached hydrogens (tertiary/aromatic N) is 3. The Morgan fingerprint density at radius 3 is 2.95 bits per heavy atom. The molecule has 0 aliphatic carbocycles. The molecule has 2 amide bonds. The number of carbonyl (C=O) groups is 1. The summed E-state index contributed by atoms with van der Waals surface area (Å²) in [4.78, 5) is 18.1. The zero-order valence-electron chi connectivity index (χ0n) is 13.4. The van der Waals surface area contributed by atoms with Gasteiger partial charge in [-0.1, -0.05) is 0 Å². The van der Waals surface area contributed by atoms with Gasteiger partial charge in [0.1, 0.15) is 5.82 Å². The van der Waals surface area contributed by atoms with Crippen LogP contribution in [0.2, 0.25) is 0 Å². The molecule has 3 heterocycles. The van der Waals surface area contributed by atoms with E-state index in [2.05, 4.69) is 26.4 Å². The first-order valence-electron chi connectivity index (χ1n) is 8.52. The van der Waals surface area contributed by atoms with Crippen LogP contribution in [0.4, 0.5) is 4.79 Å². The van der Waals surface area contributed by atoms with E-state index >= 15 is 0 Å². The lowest BCUT2D eigenvalue weighted by molar-refractivity contribution is 0.175. The maximum Gasteiger partial charge on any atom is 0.317 e. The summed E-state index contributed by atoms with van der Waals surface area (Å²) in [5.74, 6) is 1.93. The number of hydrogen-bond acceptors (Lipinski definition) is 3. The van der Waals surface area contributed by atoms with Gasteiger partial charge in [0, 0.05) is 51.0 Å². The molecule has 1 atom stereocenters. The number of likely N-dealkylation sites (tertiary alicyclic amines) is 1. The van der Waals surface area contributed by atoms with E-state index in [9.17, 15) is 4.79 Å². The fourth-order valence-electron chi connectivity index (χ4n) is 3.49. The van der Waals surface area contributed by atoms with Crippen molar-refractivity contribution in [2.45, 2.75) is 45.2 Å². The molecule has 122 valence electrons. The highest BCUT2D eigenvalue weighted by molar-refractivity contribution is 5.74. The Balaban J connectivity index is 1.38. The van der Waals surface area contributed by atoms with Crippen LogP contribution in [0.5, 0.6) is 0 Å². The molecule has 1 aromatic rings. The van der Waals surface area contributed by atoms with Crippen molar-refractivity contribution >= 4 is 6.03 Å². The van der Waals surface area contributed by atoms with Crippen molar-refractivity contribution in [2.24, 2.45) is 5.92 Å². The summed E-state index contributed by atoms with van der Waals surface area (Å²) < 4.78 is 2.29. The summed E-state index contributed by atoms with van der Waals surface area (Å²) in [5, 5.41) is 6.59. The van der Waals surface area contributed by atoms with Crippen LogP contribution < -0.4 is 10.6 Å². The van der Waals surface area contributed by atoms with E-state index < -0.39 is 0 Å². The largest absolute Gasteiger partial charge is 0.338 e. The Hall–Kier alpha value is -1.56. The standard InChI is InChI=1S/C16H27N5O/c1-2-17-16(22)20-8-5-14(6-9-20)19-11-13-3-4-15-18-7-10-21(15)12-13/h7,10,13-14,19H,2-6,8-9,11-12H2,1H3,(H,17,22). The van der Waals surface area contributed by atoms with Gasteiger partial charge in [0.05, 0.1) is 0 Å². The minimum atomic E-state index is 0.0841. The third-order valence-electron chi connectivity index (χ3n) is 4.84. The number of fused-ring (bicyclic) bond motifs is 1. The van der Waals surface area contributed by atoms with Gasteiger partial charge < -0.3 is 20.1 Å². The molecule has 0 bridgehead atoms. The second-order valence-corrected chi connectivity index (χ2v) is 6.41. The van der Waals surface area contributed by atoms with E-state index in [4.69, 9.17) is 0 Å². The van der Waals surface area contributed by atoms with Crippen molar-refractivity contribution in [3.63, 3.8) is 0 Å². The summed E-state index contributed by atoms with van der Waals surface area (Å²) >= 11 is 0. The van der Waals surface area contributed by atoms with Crippen LogP contribution in [0.25, 0.3) is 0 Å². The molecular formula is C16H27N5O. The average Bonchev–Trinajstić information content (AvgIpc) is 3.01. The normalized spacial score (nSPS) is 22.4. The lowest BCUT2D eigenvalue weighted by atomic mass is 9.98. The number of aryl methyl sites for hydroxylation is 1. The summed E-state index contributed by atoms with van der Waals surface area (Å²) in [6, 6.07) is 0.635. The number of piperidine rings is 1. The van der Waals surface area contributed by atoms with E-state index in [-0.39, 0.29) is 6.03 Å². The molecule has 6 nitrogen and oxygen atoms in total. The Kier molecular flexibility index (Phi) is 4.97. The number of hydrogen-bond donors (Lipinski definition) is 2. The number of imidazole rings is 1. The smallest absolute Gasteiger partial charge is 0.317 e. The van der Waals surface area contributed by atoms with Gasteiger partial charge >= 0.3 is 6.03 Å². The van der Waals surface area contributed by atoms with Crippen molar-refractivity contribution < 1.29 is 4.79 Å². The molecule has 2 aliphatic heterocycles. The summed E-state index contributed by atoms with van der Waals surface area (Å²) in [7, 11) is 0. The minimum Gasteiger partial charge on any atom is -0.338 e. The first-order chi connectivity index (χ1) is 10.8. The van der Waals surface area contributed by atoms with Gasteiger partial charge in [-0.2, -0.15) is 0 Å². The second-order valence-electron chi connectivity index (χ2n) is 6.41. The number of aromatic nitrogens is 2. The molecule has 2 N–H and O–H groups in total. The van der Waals surface area contributed by atoms with E-state index in [1.807, 2.05) is 18.0 Å². The second kappa shape index (κ2) is 7.13. The van der Waals surface area contributed by atoms with Crippen molar-refractivity contribution in [3.05, 3.63) is 18.2 Å².